The third-order valence-corrected chi connectivity index (χ3v) is 2.07. The van der Waals surface area contributed by atoms with Crippen molar-refractivity contribution in [2.24, 2.45) is 5.92 Å². The Morgan fingerprint density at radius 1 is 1.36 bits per heavy atom. The first-order valence-electron chi connectivity index (χ1n) is 3.15. The molecule has 11 heavy (non-hydrogen) atoms. The van der Waals surface area contributed by atoms with Gasteiger partial charge < -0.3 is 0 Å². The van der Waals surface area contributed by atoms with Crippen molar-refractivity contribution < 1.29 is 4.79 Å². The lowest BCUT2D eigenvalue weighted by molar-refractivity contribution is -0.116. The second-order valence-electron chi connectivity index (χ2n) is 2.28. The molecule has 0 rings (SSSR count). The predicted octanol–water partition coefficient (Wildman–Crippen LogP) is 1.88. The molecule has 4 heteroatoms. The Hall–Kier alpha value is 0.200. The van der Waals surface area contributed by atoms with Crippen molar-refractivity contribution in [1.82, 2.24) is 0 Å². The van der Waals surface area contributed by atoms with Crippen LogP contribution in [0.5, 0.6) is 0 Å². The van der Waals surface area contributed by atoms with Crippen molar-refractivity contribution in [1.29, 1.82) is 0 Å². The van der Waals surface area contributed by atoms with E-state index in [0.29, 0.717) is 9.73 Å². The van der Waals surface area contributed by atoms with Crippen LogP contribution >= 0.6 is 37.1 Å². The van der Waals surface area contributed by atoms with Gasteiger partial charge in [0.1, 0.15) is 0 Å². The maximum Gasteiger partial charge on any atom is 0.155 e. The van der Waals surface area contributed by atoms with Crippen molar-refractivity contribution in [2.75, 3.05) is 5.75 Å². The average Bonchev–Trinajstić information content (AvgIpc) is 1.85. The molecule has 0 aliphatic heterocycles. The average molecular weight is 206 g/mol. The smallest absolute Gasteiger partial charge is 0.155 e. The highest BCUT2D eigenvalue weighted by atomic mass is 32.1. The first-order chi connectivity index (χ1) is 5.00. The summed E-state index contributed by atoms with van der Waals surface area (Å²) >= 11 is 13.7. The molecule has 62 valence electrons. The molecule has 0 fully saturated rings. The Morgan fingerprint density at radius 3 is 1.82 bits per heavy atom. The van der Waals surface area contributed by atoms with Crippen LogP contribution in [0.2, 0.25) is 0 Å². The van der Waals surface area contributed by atoms with E-state index in [1.807, 2.05) is 0 Å². The zero-order chi connectivity index (χ0) is 9.02. The summed E-state index contributed by atoms with van der Waals surface area (Å²) in [4.78, 5) is 12.4. The minimum absolute atomic E-state index is 0.00617. The fourth-order valence-electron chi connectivity index (χ4n) is 0.831. The molecule has 0 saturated heterocycles. The van der Waals surface area contributed by atoms with Crippen LogP contribution in [0.25, 0.3) is 0 Å². The van der Waals surface area contributed by atoms with Crippen LogP contribution in [0, 0.1) is 5.92 Å². The largest absolute Gasteiger partial charge is 0.298 e. The van der Waals surface area contributed by atoms with Crippen LogP contribution in [0.1, 0.15) is 13.8 Å². The van der Waals surface area contributed by atoms with Gasteiger partial charge in [0.15, 0.2) is 5.78 Å². The van der Waals surface area contributed by atoms with E-state index < -0.39 is 0 Å². The van der Waals surface area contributed by atoms with Crippen molar-refractivity contribution >= 4 is 52.6 Å². The number of carbonyl (C=O) groups is 1. The topological polar surface area (TPSA) is 17.1 Å². The summed E-state index contributed by atoms with van der Waals surface area (Å²) in [7, 11) is 0. The SMILES string of the molecule is CC(=S)C(C(=O)CS)C(C)=S. The number of carbonyl (C=O) groups excluding carboxylic acids is 1. The molecule has 0 amide bonds. The number of rotatable bonds is 4. The van der Waals surface area contributed by atoms with E-state index in [-0.39, 0.29) is 17.5 Å². The fourth-order valence-corrected chi connectivity index (χ4v) is 1.70. The van der Waals surface area contributed by atoms with E-state index in [1.54, 1.807) is 13.8 Å². The maximum absolute atomic E-state index is 11.1. The summed E-state index contributed by atoms with van der Waals surface area (Å²) in [6, 6.07) is 0. The van der Waals surface area contributed by atoms with Gasteiger partial charge in [-0.3, -0.25) is 4.79 Å². The predicted molar refractivity (Wildman–Crippen MR) is 58.9 cm³/mol. The Balaban J connectivity index is 4.47. The molecule has 0 heterocycles. The lowest BCUT2D eigenvalue weighted by Crippen LogP contribution is -2.27. The number of ketones is 1. The molecule has 0 saturated carbocycles. The summed E-state index contributed by atoms with van der Waals surface area (Å²) in [6.07, 6.45) is 0. The second-order valence-corrected chi connectivity index (χ2v) is 3.88. The number of hydrogen-bond donors (Lipinski definition) is 1. The normalized spacial score (nSPS) is 9.82. The Bertz CT molecular complexity index is 184. The van der Waals surface area contributed by atoms with Gasteiger partial charge in [-0.25, -0.2) is 0 Å². The monoisotopic (exact) mass is 206 g/mol. The van der Waals surface area contributed by atoms with Crippen molar-refractivity contribution in [3.63, 3.8) is 0 Å². The number of hydrogen-bond acceptors (Lipinski definition) is 4. The van der Waals surface area contributed by atoms with Gasteiger partial charge >= 0.3 is 0 Å². The molecule has 0 aliphatic carbocycles. The standard InChI is InChI=1S/C7H10OS3/c1-4(10)7(5(2)11)6(8)3-9/h7,9H,3H2,1-2H3. The molecule has 1 nitrogen and oxygen atoms in total. The van der Waals surface area contributed by atoms with E-state index in [9.17, 15) is 4.79 Å². The van der Waals surface area contributed by atoms with Crippen molar-refractivity contribution in [3.05, 3.63) is 0 Å². The van der Waals surface area contributed by atoms with E-state index in [1.165, 1.54) is 0 Å². The third-order valence-electron chi connectivity index (χ3n) is 1.29. The van der Waals surface area contributed by atoms with Crippen molar-refractivity contribution in [3.8, 4) is 0 Å². The highest BCUT2D eigenvalue weighted by molar-refractivity contribution is 7.82. The van der Waals surface area contributed by atoms with Gasteiger partial charge in [0.25, 0.3) is 0 Å². The lowest BCUT2D eigenvalue weighted by atomic mass is 9.99. The molecular formula is C7H10OS3. The lowest BCUT2D eigenvalue weighted by Gasteiger charge is -2.10. The van der Waals surface area contributed by atoms with Gasteiger partial charge in [-0.05, 0) is 13.8 Å². The molecule has 0 aliphatic rings. The molecule has 0 N–H and O–H groups in total. The molecule has 0 radical (unpaired) electrons. The maximum atomic E-state index is 11.1. The van der Waals surface area contributed by atoms with Crippen molar-refractivity contribution in [2.45, 2.75) is 13.8 Å². The summed E-state index contributed by atoms with van der Waals surface area (Å²) in [6.45, 7) is 3.47. The van der Waals surface area contributed by atoms with Gasteiger partial charge in [0, 0.05) is 9.73 Å². The van der Waals surface area contributed by atoms with Crippen LogP contribution in [0.4, 0.5) is 0 Å². The quantitative estimate of drug-likeness (QED) is 0.559. The van der Waals surface area contributed by atoms with Crippen LogP contribution < -0.4 is 0 Å². The zero-order valence-corrected chi connectivity index (χ0v) is 8.98. The molecule has 0 aromatic heterocycles. The van der Waals surface area contributed by atoms with E-state index in [0.717, 1.165) is 0 Å². The highest BCUT2D eigenvalue weighted by Crippen LogP contribution is 2.06. The minimum Gasteiger partial charge on any atom is -0.298 e. The summed E-state index contributed by atoms with van der Waals surface area (Å²) in [5.74, 6) is -0.155. The molecular weight excluding hydrogens is 196 g/mol. The summed E-state index contributed by atoms with van der Waals surface area (Å²) in [5, 5.41) is 0. The van der Waals surface area contributed by atoms with Crippen LogP contribution in [-0.4, -0.2) is 21.3 Å². The zero-order valence-electron chi connectivity index (χ0n) is 6.46. The summed E-state index contributed by atoms with van der Waals surface area (Å²) in [5.41, 5.74) is 0. The van der Waals surface area contributed by atoms with Crippen LogP contribution in [0.15, 0.2) is 0 Å². The highest BCUT2D eigenvalue weighted by Gasteiger charge is 2.20. The van der Waals surface area contributed by atoms with Gasteiger partial charge in [-0.15, -0.1) is 0 Å². The number of thiol groups is 1. The Labute approximate surface area is 83.0 Å². The Kier molecular flexibility index (Phi) is 5.04. The first-order valence-corrected chi connectivity index (χ1v) is 4.60. The molecule has 0 aromatic rings. The Morgan fingerprint density at radius 2 is 1.73 bits per heavy atom. The molecule has 0 aromatic carbocycles. The molecule has 0 bridgehead atoms. The first kappa shape index (κ1) is 11.2. The second kappa shape index (κ2) is 4.95. The van der Waals surface area contributed by atoms with Crippen LogP contribution in [0.3, 0.4) is 0 Å². The van der Waals surface area contributed by atoms with Gasteiger partial charge in [-0.1, -0.05) is 24.4 Å². The van der Waals surface area contributed by atoms with E-state index >= 15 is 0 Å². The van der Waals surface area contributed by atoms with E-state index in [4.69, 9.17) is 24.4 Å². The fraction of sp³-hybridized carbons (Fsp3) is 0.571. The number of Topliss-reactive ketones (excluding diaryl/α,β-unsaturated/α-hetero) is 1. The molecule has 0 unspecified atom stereocenters. The summed E-state index contributed by atoms with van der Waals surface area (Å²) < 4.78 is 0. The van der Waals surface area contributed by atoms with Gasteiger partial charge in [0.05, 0.1) is 11.7 Å². The van der Waals surface area contributed by atoms with Gasteiger partial charge in [-0.2, -0.15) is 12.6 Å². The molecule has 0 spiro atoms. The minimum atomic E-state index is -0.350. The van der Waals surface area contributed by atoms with Gasteiger partial charge in [0.2, 0.25) is 0 Å². The molecule has 0 atom stereocenters. The third kappa shape index (κ3) is 3.40. The van der Waals surface area contributed by atoms with E-state index in [2.05, 4.69) is 12.6 Å². The van der Waals surface area contributed by atoms with Crippen LogP contribution in [-0.2, 0) is 4.79 Å². The number of thiocarbonyl (C=S) groups is 2.